The van der Waals surface area contributed by atoms with Crippen LogP contribution < -0.4 is 15.8 Å². The predicted octanol–water partition coefficient (Wildman–Crippen LogP) is 4.67. The number of amides is 2. The number of primary amides is 1. The highest BCUT2D eigenvalue weighted by molar-refractivity contribution is 5.94. The highest BCUT2D eigenvalue weighted by atomic mass is 16.6. The summed E-state index contributed by atoms with van der Waals surface area (Å²) in [5.41, 5.74) is 6.50. The molecule has 2 rings (SSSR count). The van der Waals surface area contributed by atoms with Crippen LogP contribution in [0.2, 0.25) is 0 Å². The second kappa shape index (κ2) is 10.3. The molecule has 0 saturated heterocycles. The molecule has 9 heteroatoms. The minimum Gasteiger partial charge on any atom is -0.436 e. The summed E-state index contributed by atoms with van der Waals surface area (Å²) in [6.07, 6.45) is 1.74. The molecule has 0 aliphatic carbocycles. The van der Waals surface area contributed by atoms with E-state index in [-0.39, 0.29) is 16.8 Å². The van der Waals surface area contributed by atoms with Crippen LogP contribution in [0.15, 0.2) is 30.6 Å². The summed E-state index contributed by atoms with van der Waals surface area (Å²) in [6, 6.07) is 7.36. The summed E-state index contributed by atoms with van der Waals surface area (Å²) in [6.45, 7) is 12.1. The SMILES string of the molecule is CC(C)(C)CC[C@@H](OC(N)=O)C(=O)Nc1cnc(Oc2ccc(C#N)cc2C(C)(C)C)nc1. The Labute approximate surface area is 194 Å². The van der Waals surface area contributed by atoms with E-state index in [1.807, 2.05) is 41.5 Å². The van der Waals surface area contributed by atoms with Gasteiger partial charge in [0.2, 0.25) is 0 Å². The molecule has 0 bridgehead atoms. The van der Waals surface area contributed by atoms with E-state index in [2.05, 4.69) is 21.4 Å². The Hall–Kier alpha value is -3.67. The number of aromatic nitrogens is 2. The zero-order valence-electron chi connectivity index (χ0n) is 19.9. The van der Waals surface area contributed by atoms with E-state index in [9.17, 15) is 14.9 Å². The predicted molar refractivity (Wildman–Crippen MR) is 124 cm³/mol. The standard InChI is InChI=1S/C24H31N5O4/c1-23(2,3)10-9-19(32-21(26)31)20(30)29-16-13-27-22(28-14-16)33-18-8-7-15(12-25)11-17(18)24(4,5)6/h7-8,11,13-14,19H,9-10H2,1-6H3,(H2,26,31)(H,29,30)/t19-/m1/s1. The maximum atomic E-state index is 12.6. The molecular weight excluding hydrogens is 422 g/mol. The number of nitriles is 1. The highest BCUT2D eigenvalue weighted by Gasteiger charge is 2.25. The first-order chi connectivity index (χ1) is 15.3. The van der Waals surface area contributed by atoms with Gasteiger partial charge in [-0.15, -0.1) is 0 Å². The van der Waals surface area contributed by atoms with Crippen molar-refractivity contribution in [1.82, 2.24) is 9.97 Å². The van der Waals surface area contributed by atoms with Gasteiger partial charge in [-0.1, -0.05) is 41.5 Å². The lowest BCUT2D eigenvalue weighted by Crippen LogP contribution is -2.35. The van der Waals surface area contributed by atoms with Crippen molar-refractivity contribution in [2.24, 2.45) is 11.1 Å². The average Bonchev–Trinajstić information content (AvgIpc) is 2.71. The van der Waals surface area contributed by atoms with Crippen molar-refractivity contribution in [1.29, 1.82) is 5.26 Å². The number of hydrogen-bond acceptors (Lipinski definition) is 7. The Morgan fingerprint density at radius 1 is 1.15 bits per heavy atom. The number of carbonyl (C=O) groups is 2. The Bertz CT molecular complexity index is 1030. The van der Waals surface area contributed by atoms with Crippen LogP contribution in [0.5, 0.6) is 11.8 Å². The molecule has 33 heavy (non-hydrogen) atoms. The molecule has 0 spiro atoms. The minimum atomic E-state index is -1.02. The number of nitrogens with zero attached hydrogens (tertiary/aromatic N) is 3. The minimum absolute atomic E-state index is 0.0427. The monoisotopic (exact) mass is 453 g/mol. The molecule has 0 radical (unpaired) electrons. The average molecular weight is 454 g/mol. The van der Waals surface area contributed by atoms with Crippen LogP contribution in [-0.4, -0.2) is 28.1 Å². The lowest BCUT2D eigenvalue weighted by molar-refractivity contribution is -0.124. The molecule has 2 aromatic rings. The van der Waals surface area contributed by atoms with Crippen LogP contribution >= 0.6 is 0 Å². The zero-order valence-corrected chi connectivity index (χ0v) is 19.9. The third-order valence-corrected chi connectivity index (χ3v) is 4.72. The van der Waals surface area contributed by atoms with Crippen LogP contribution in [0.4, 0.5) is 10.5 Å². The van der Waals surface area contributed by atoms with Gasteiger partial charge in [-0.05, 0) is 41.9 Å². The van der Waals surface area contributed by atoms with Gasteiger partial charge in [-0.2, -0.15) is 5.26 Å². The first kappa shape index (κ1) is 25.6. The molecule has 1 aromatic carbocycles. The Balaban J connectivity index is 2.13. The lowest BCUT2D eigenvalue weighted by Gasteiger charge is -2.22. The van der Waals surface area contributed by atoms with E-state index in [1.54, 1.807) is 18.2 Å². The van der Waals surface area contributed by atoms with Crippen LogP contribution in [0.25, 0.3) is 0 Å². The molecule has 2 amide bonds. The van der Waals surface area contributed by atoms with Crippen LogP contribution in [-0.2, 0) is 14.9 Å². The van der Waals surface area contributed by atoms with Crippen molar-refractivity contribution >= 4 is 17.7 Å². The Morgan fingerprint density at radius 3 is 2.30 bits per heavy atom. The van der Waals surface area contributed by atoms with Crippen molar-refractivity contribution in [3.63, 3.8) is 0 Å². The molecule has 1 aromatic heterocycles. The summed E-state index contributed by atoms with van der Waals surface area (Å²) in [5.74, 6) is 0.0211. The summed E-state index contributed by atoms with van der Waals surface area (Å²) in [5, 5.41) is 11.8. The number of benzene rings is 1. The van der Waals surface area contributed by atoms with E-state index in [4.69, 9.17) is 15.2 Å². The molecule has 0 fully saturated rings. The Kier molecular flexibility index (Phi) is 7.99. The number of nitrogens with two attached hydrogens (primary N) is 1. The van der Waals surface area contributed by atoms with Gasteiger partial charge in [0, 0.05) is 5.56 Å². The molecule has 1 heterocycles. The number of hydrogen-bond donors (Lipinski definition) is 2. The molecular formula is C24H31N5O4. The molecule has 0 saturated carbocycles. The molecule has 3 N–H and O–H groups in total. The van der Waals surface area contributed by atoms with Crippen molar-refractivity contribution < 1.29 is 19.1 Å². The molecule has 1 atom stereocenters. The van der Waals surface area contributed by atoms with E-state index in [0.717, 1.165) is 5.56 Å². The number of nitrogens with one attached hydrogen (secondary N) is 1. The van der Waals surface area contributed by atoms with E-state index < -0.39 is 18.1 Å². The quantitative estimate of drug-likeness (QED) is 0.621. The summed E-state index contributed by atoms with van der Waals surface area (Å²) >= 11 is 0. The molecule has 0 unspecified atom stereocenters. The third-order valence-electron chi connectivity index (χ3n) is 4.72. The van der Waals surface area contributed by atoms with E-state index in [0.29, 0.717) is 29.8 Å². The molecule has 0 aliphatic rings. The highest BCUT2D eigenvalue weighted by Crippen LogP contribution is 2.34. The van der Waals surface area contributed by atoms with Gasteiger partial charge in [0.05, 0.1) is 29.7 Å². The van der Waals surface area contributed by atoms with Gasteiger partial charge < -0.3 is 20.5 Å². The van der Waals surface area contributed by atoms with Gasteiger partial charge in [-0.3, -0.25) is 4.79 Å². The van der Waals surface area contributed by atoms with Gasteiger partial charge in [0.15, 0.2) is 6.10 Å². The van der Waals surface area contributed by atoms with Crippen LogP contribution in [0, 0.1) is 16.7 Å². The van der Waals surface area contributed by atoms with Gasteiger partial charge in [-0.25, -0.2) is 14.8 Å². The fourth-order valence-corrected chi connectivity index (χ4v) is 2.98. The van der Waals surface area contributed by atoms with Gasteiger partial charge in [0.1, 0.15) is 5.75 Å². The lowest BCUT2D eigenvalue weighted by atomic mass is 9.85. The third kappa shape index (κ3) is 8.07. The second-order valence-electron chi connectivity index (χ2n) is 9.94. The smallest absolute Gasteiger partial charge is 0.405 e. The zero-order chi connectivity index (χ0) is 24.8. The number of anilines is 1. The largest absolute Gasteiger partial charge is 0.436 e. The molecule has 9 nitrogen and oxygen atoms in total. The van der Waals surface area contributed by atoms with Crippen LogP contribution in [0.3, 0.4) is 0 Å². The first-order valence-electron chi connectivity index (χ1n) is 10.6. The summed E-state index contributed by atoms with van der Waals surface area (Å²) in [7, 11) is 0. The maximum Gasteiger partial charge on any atom is 0.405 e. The first-order valence-corrected chi connectivity index (χ1v) is 10.6. The fraction of sp³-hybridized carbons (Fsp3) is 0.458. The normalized spacial score (nSPS) is 12.4. The number of rotatable bonds is 7. The van der Waals surface area contributed by atoms with Crippen molar-refractivity contribution in [2.45, 2.75) is 65.9 Å². The summed E-state index contributed by atoms with van der Waals surface area (Å²) in [4.78, 5) is 32.1. The topological polar surface area (TPSA) is 140 Å². The van der Waals surface area contributed by atoms with Crippen molar-refractivity contribution in [3.05, 3.63) is 41.7 Å². The van der Waals surface area contributed by atoms with Crippen molar-refractivity contribution in [3.8, 4) is 17.8 Å². The molecule has 176 valence electrons. The van der Waals surface area contributed by atoms with E-state index >= 15 is 0 Å². The van der Waals surface area contributed by atoms with E-state index in [1.165, 1.54) is 12.4 Å². The summed E-state index contributed by atoms with van der Waals surface area (Å²) < 4.78 is 10.8. The number of carbonyl (C=O) groups excluding carboxylic acids is 2. The van der Waals surface area contributed by atoms with Crippen molar-refractivity contribution in [2.75, 3.05) is 5.32 Å². The fourth-order valence-electron chi connectivity index (χ4n) is 2.98. The van der Waals surface area contributed by atoms with Gasteiger partial charge >= 0.3 is 12.1 Å². The number of ether oxygens (including phenoxy) is 2. The Morgan fingerprint density at radius 2 is 1.79 bits per heavy atom. The molecule has 0 aliphatic heterocycles. The maximum absolute atomic E-state index is 12.6. The second-order valence-corrected chi connectivity index (χ2v) is 9.94. The van der Waals surface area contributed by atoms with Crippen LogP contribution in [0.1, 0.15) is 65.5 Å². The van der Waals surface area contributed by atoms with Gasteiger partial charge in [0.25, 0.3) is 5.91 Å².